The van der Waals surface area contributed by atoms with E-state index in [9.17, 15) is 0 Å². The minimum absolute atomic E-state index is 0.0924. The Hall–Kier alpha value is -0.170. The van der Waals surface area contributed by atoms with Gasteiger partial charge in [-0.15, -0.1) is 11.3 Å². The van der Waals surface area contributed by atoms with Gasteiger partial charge in [0.2, 0.25) is 0 Å². The van der Waals surface area contributed by atoms with Gasteiger partial charge in [0.25, 0.3) is 0 Å². The average Bonchev–Trinajstić information content (AvgIpc) is 2.73. The highest BCUT2D eigenvalue weighted by atomic mass is 35.5. The number of halogens is 1. The Kier molecular flexibility index (Phi) is 7.03. The van der Waals surface area contributed by atoms with Crippen molar-refractivity contribution in [2.75, 3.05) is 40.0 Å². The van der Waals surface area contributed by atoms with E-state index in [1.165, 1.54) is 11.3 Å². The molecular weight excluding hydrogens is 260 g/mol. The predicted octanol–water partition coefficient (Wildman–Crippen LogP) is 1.34. The summed E-state index contributed by atoms with van der Waals surface area (Å²) in [6, 6.07) is 3.95. The molecule has 0 saturated heterocycles. The van der Waals surface area contributed by atoms with Crippen molar-refractivity contribution in [1.82, 2.24) is 4.90 Å². The first kappa shape index (κ1) is 14.9. The molecule has 1 rings (SSSR count). The van der Waals surface area contributed by atoms with Gasteiger partial charge in [0, 0.05) is 31.6 Å². The molecule has 0 aliphatic heterocycles. The van der Waals surface area contributed by atoms with Gasteiger partial charge in [-0.2, -0.15) is 0 Å². The summed E-state index contributed by atoms with van der Waals surface area (Å²) in [5, 5.41) is 9.09. The molecule has 1 unspecified atom stereocenters. The van der Waals surface area contributed by atoms with Crippen LogP contribution in [0.25, 0.3) is 0 Å². The molecule has 0 aliphatic carbocycles. The van der Waals surface area contributed by atoms with Gasteiger partial charge in [-0.25, -0.2) is 0 Å². The fraction of sp³-hybridized carbons (Fsp3) is 0.636. The summed E-state index contributed by atoms with van der Waals surface area (Å²) in [7, 11) is 1.66. The molecule has 0 fully saturated rings. The third-order valence-electron chi connectivity index (χ3n) is 2.56. The fourth-order valence-corrected chi connectivity index (χ4v) is 2.92. The number of nitrogens with two attached hydrogens (primary N) is 1. The number of hydrogen-bond acceptors (Lipinski definition) is 5. The Labute approximate surface area is 111 Å². The van der Waals surface area contributed by atoms with Crippen LogP contribution in [0.4, 0.5) is 0 Å². The van der Waals surface area contributed by atoms with Crippen LogP contribution in [-0.2, 0) is 4.74 Å². The highest BCUT2D eigenvalue weighted by Gasteiger charge is 2.19. The van der Waals surface area contributed by atoms with Crippen molar-refractivity contribution in [3.63, 3.8) is 0 Å². The lowest BCUT2D eigenvalue weighted by molar-refractivity contribution is 0.104. The Balaban J connectivity index is 2.73. The van der Waals surface area contributed by atoms with Crippen LogP contribution in [0.5, 0.6) is 0 Å². The molecule has 0 aromatic carbocycles. The first-order valence-electron chi connectivity index (χ1n) is 5.52. The summed E-state index contributed by atoms with van der Waals surface area (Å²) in [4.78, 5) is 3.24. The van der Waals surface area contributed by atoms with E-state index in [0.717, 1.165) is 15.8 Å². The van der Waals surface area contributed by atoms with Crippen molar-refractivity contribution in [3.8, 4) is 0 Å². The maximum Gasteiger partial charge on any atom is 0.0931 e. The molecule has 6 heteroatoms. The van der Waals surface area contributed by atoms with Crippen molar-refractivity contribution >= 4 is 22.9 Å². The van der Waals surface area contributed by atoms with E-state index >= 15 is 0 Å². The molecule has 1 heterocycles. The summed E-state index contributed by atoms with van der Waals surface area (Å²) in [6.45, 7) is 2.56. The number of nitrogens with zero attached hydrogens (tertiary/aromatic N) is 1. The minimum Gasteiger partial charge on any atom is -0.395 e. The molecule has 4 nitrogen and oxygen atoms in total. The quantitative estimate of drug-likeness (QED) is 0.753. The van der Waals surface area contributed by atoms with Crippen LogP contribution in [0.1, 0.15) is 10.9 Å². The highest BCUT2D eigenvalue weighted by Crippen LogP contribution is 2.29. The number of hydrogen-bond donors (Lipinski definition) is 2. The van der Waals surface area contributed by atoms with Crippen molar-refractivity contribution < 1.29 is 9.84 Å². The van der Waals surface area contributed by atoms with E-state index in [4.69, 9.17) is 27.2 Å². The molecule has 0 saturated carbocycles. The fourth-order valence-electron chi connectivity index (χ4n) is 1.71. The standard InChI is InChI=1S/C11H19ClN2O2S/c1-16-7-5-14(4-6-15)9(8-13)10-2-3-11(12)17-10/h2-3,9,15H,4-8,13H2,1H3. The summed E-state index contributed by atoms with van der Waals surface area (Å²) in [6.07, 6.45) is 0. The third kappa shape index (κ3) is 4.54. The van der Waals surface area contributed by atoms with Crippen molar-refractivity contribution in [1.29, 1.82) is 0 Å². The van der Waals surface area contributed by atoms with Gasteiger partial charge in [-0.3, -0.25) is 4.90 Å². The Morgan fingerprint density at radius 1 is 1.53 bits per heavy atom. The van der Waals surface area contributed by atoms with Crippen LogP contribution < -0.4 is 5.73 Å². The Bertz CT molecular complexity index is 322. The van der Waals surface area contributed by atoms with E-state index in [0.29, 0.717) is 19.7 Å². The van der Waals surface area contributed by atoms with Crippen molar-refractivity contribution in [3.05, 3.63) is 21.3 Å². The maximum atomic E-state index is 9.09. The second-order valence-electron chi connectivity index (χ2n) is 3.65. The first-order chi connectivity index (χ1) is 8.22. The lowest BCUT2D eigenvalue weighted by Crippen LogP contribution is -2.37. The van der Waals surface area contributed by atoms with Gasteiger partial charge in [0.15, 0.2) is 0 Å². The molecule has 0 radical (unpaired) electrons. The molecule has 1 aromatic heterocycles. The monoisotopic (exact) mass is 278 g/mol. The summed E-state index contributed by atoms with van der Waals surface area (Å²) in [5.41, 5.74) is 5.82. The van der Waals surface area contributed by atoms with Gasteiger partial charge in [0.05, 0.1) is 23.6 Å². The molecule has 0 amide bonds. The SMILES string of the molecule is COCCN(CCO)C(CN)c1ccc(Cl)s1. The van der Waals surface area contributed by atoms with Crippen LogP contribution >= 0.6 is 22.9 Å². The van der Waals surface area contributed by atoms with Gasteiger partial charge in [-0.05, 0) is 12.1 Å². The minimum atomic E-state index is 0.0924. The number of ether oxygens (including phenoxy) is 1. The van der Waals surface area contributed by atoms with Crippen LogP contribution in [0.2, 0.25) is 4.34 Å². The van der Waals surface area contributed by atoms with Crippen molar-refractivity contribution in [2.24, 2.45) is 5.73 Å². The second kappa shape index (κ2) is 8.02. The number of rotatable bonds is 8. The van der Waals surface area contributed by atoms with Crippen LogP contribution in [0.15, 0.2) is 12.1 Å². The van der Waals surface area contributed by atoms with Gasteiger partial charge >= 0.3 is 0 Å². The number of aliphatic hydroxyl groups is 1. The molecule has 0 spiro atoms. The molecule has 3 N–H and O–H groups in total. The smallest absolute Gasteiger partial charge is 0.0931 e. The maximum absolute atomic E-state index is 9.09. The molecular formula is C11H19ClN2O2S. The summed E-state index contributed by atoms with van der Waals surface area (Å²) in [5.74, 6) is 0. The van der Waals surface area contributed by atoms with E-state index in [-0.39, 0.29) is 12.6 Å². The molecule has 1 aromatic rings. The first-order valence-corrected chi connectivity index (χ1v) is 6.71. The lowest BCUT2D eigenvalue weighted by Gasteiger charge is -2.29. The molecule has 17 heavy (non-hydrogen) atoms. The summed E-state index contributed by atoms with van der Waals surface area (Å²) < 4.78 is 5.83. The predicted molar refractivity (Wildman–Crippen MR) is 71.7 cm³/mol. The number of thiophene rings is 1. The van der Waals surface area contributed by atoms with Crippen molar-refractivity contribution in [2.45, 2.75) is 6.04 Å². The molecule has 0 bridgehead atoms. The molecule has 0 aliphatic rings. The van der Waals surface area contributed by atoms with E-state index in [1.807, 2.05) is 12.1 Å². The average molecular weight is 279 g/mol. The van der Waals surface area contributed by atoms with Crippen LogP contribution in [0.3, 0.4) is 0 Å². The number of methoxy groups -OCH3 is 1. The second-order valence-corrected chi connectivity index (χ2v) is 5.39. The topological polar surface area (TPSA) is 58.7 Å². The lowest BCUT2D eigenvalue weighted by atomic mass is 10.2. The van der Waals surface area contributed by atoms with Gasteiger partial charge in [0.1, 0.15) is 0 Å². The van der Waals surface area contributed by atoms with E-state index in [2.05, 4.69) is 4.90 Å². The summed E-state index contributed by atoms with van der Waals surface area (Å²) >= 11 is 7.46. The zero-order chi connectivity index (χ0) is 12.7. The van der Waals surface area contributed by atoms with E-state index in [1.54, 1.807) is 7.11 Å². The zero-order valence-electron chi connectivity index (χ0n) is 9.93. The zero-order valence-corrected chi connectivity index (χ0v) is 11.5. The van der Waals surface area contributed by atoms with E-state index < -0.39 is 0 Å². The Morgan fingerprint density at radius 3 is 2.76 bits per heavy atom. The third-order valence-corrected chi connectivity index (χ3v) is 3.89. The van der Waals surface area contributed by atoms with Gasteiger partial charge in [-0.1, -0.05) is 11.6 Å². The van der Waals surface area contributed by atoms with Crippen LogP contribution in [-0.4, -0.2) is 50.0 Å². The number of aliphatic hydroxyl groups excluding tert-OH is 1. The normalized spacial score (nSPS) is 13.2. The Morgan fingerprint density at radius 2 is 2.29 bits per heavy atom. The molecule has 98 valence electrons. The largest absolute Gasteiger partial charge is 0.395 e. The van der Waals surface area contributed by atoms with Crippen LogP contribution in [0, 0.1) is 0 Å². The highest BCUT2D eigenvalue weighted by molar-refractivity contribution is 7.16. The molecule has 1 atom stereocenters. The van der Waals surface area contributed by atoms with Gasteiger partial charge < -0.3 is 15.6 Å².